The molecule has 0 rings (SSSR count). The van der Waals surface area contributed by atoms with Gasteiger partial charge in [0, 0.05) is 0 Å². The van der Waals surface area contributed by atoms with Gasteiger partial charge in [-0.05, 0) is 13.8 Å². The molecule has 0 radical (unpaired) electrons. The monoisotopic (exact) mass is 158 g/mol. The van der Waals surface area contributed by atoms with Gasteiger partial charge in [0.25, 0.3) is 0 Å². The highest BCUT2D eigenvalue weighted by Crippen LogP contribution is 2.09. The second kappa shape index (κ2) is 3.35. The first-order chi connectivity index (χ1) is 4.33. The first-order valence-corrected chi connectivity index (χ1v) is 7.28. The highest BCUT2D eigenvalue weighted by atomic mass is 28.3. The molecule has 0 aliphatic heterocycles. The molecule has 0 amide bonds. The third kappa shape index (κ3) is 4.76. The molecule has 1 atom stereocenters. The number of aliphatic hydroxyl groups excluding tert-OH is 1. The summed E-state index contributed by atoms with van der Waals surface area (Å²) in [7, 11) is -1.11. The Morgan fingerprint density at radius 2 is 1.80 bits per heavy atom. The van der Waals surface area contributed by atoms with Crippen LogP contribution in [0.2, 0.25) is 19.6 Å². The summed E-state index contributed by atoms with van der Waals surface area (Å²) in [6.07, 6.45) is -0.272. The predicted octanol–water partition coefficient (Wildman–Crippen LogP) is 2.19. The average Bonchev–Trinajstić information content (AvgIpc) is 1.60. The van der Waals surface area contributed by atoms with Gasteiger partial charge >= 0.3 is 0 Å². The van der Waals surface area contributed by atoms with Crippen molar-refractivity contribution >= 4 is 8.07 Å². The zero-order valence-electron chi connectivity index (χ0n) is 7.60. The molecule has 0 unspecified atom stereocenters. The lowest BCUT2D eigenvalue weighted by Gasteiger charge is -2.13. The Kier molecular flexibility index (Phi) is 3.32. The molecule has 0 aromatic rings. The fraction of sp³-hybridized carbons (Fsp3) is 0.750. The van der Waals surface area contributed by atoms with Gasteiger partial charge in [-0.15, -0.1) is 0 Å². The standard InChI is InChI=1S/C8H18OSi/c1-7(8(2)9)6-10(3,4)5/h6,8-9H,1-5H3/b7-6+/t8-/m1/s1. The maximum absolute atomic E-state index is 9.14. The van der Waals surface area contributed by atoms with E-state index in [1.165, 1.54) is 0 Å². The molecule has 1 nitrogen and oxygen atoms in total. The second-order valence-electron chi connectivity index (χ2n) is 3.93. The van der Waals surface area contributed by atoms with E-state index in [1.807, 2.05) is 13.8 Å². The van der Waals surface area contributed by atoms with Crippen LogP contribution < -0.4 is 0 Å². The van der Waals surface area contributed by atoms with Gasteiger partial charge in [0.05, 0.1) is 14.2 Å². The summed E-state index contributed by atoms with van der Waals surface area (Å²) in [5.41, 5.74) is 3.34. The minimum Gasteiger partial charge on any atom is -0.389 e. The molecule has 10 heavy (non-hydrogen) atoms. The van der Waals surface area contributed by atoms with Crippen molar-refractivity contribution in [3.63, 3.8) is 0 Å². The number of aliphatic hydroxyl groups is 1. The van der Waals surface area contributed by atoms with E-state index in [2.05, 4.69) is 25.3 Å². The SMILES string of the molecule is C/C(=C\[Si](C)(C)C)[C@@H](C)O. The zero-order valence-corrected chi connectivity index (χ0v) is 8.60. The molecule has 0 aliphatic carbocycles. The maximum Gasteiger partial charge on any atom is 0.0715 e. The smallest absolute Gasteiger partial charge is 0.0715 e. The third-order valence-electron chi connectivity index (χ3n) is 1.32. The molecule has 0 heterocycles. The van der Waals surface area contributed by atoms with Crippen LogP contribution >= 0.6 is 0 Å². The van der Waals surface area contributed by atoms with Crippen LogP contribution in [0.25, 0.3) is 0 Å². The Balaban J connectivity index is 4.17. The van der Waals surface area contributed by atoms with Crippen molar-refractivity contribution in [2.24, 2.45) is 0 Å². The van der Waals surface area contributed by atoms with Crippen LogP contribution in [0.5, 0.6) is 0 Å². The number of hydrogen-bond acceptors (Lipinski definition) is 1. The lowest BCUT2D eigenvalue weighted by Crippen LogP contribution is -2.18. The molecule has 0 fully saturated rings. The average molecular weight is 158 g/mol. The van der Waals surface area contributed by atoms with Gasteiger partial charge in [-0.1, -0.05) is 30.9 Å². The number of hydrogen-bond donors (Lipinski definition) is 1. The molecule has 0 saturated heterocycles. The highest BCUT2D eigenvalue weighted by molar-refractivity contribution is 6.81. The lowest BCUT2D eigenvalue weighted by molar-refractivity contribution is 0.231. The summed E-state index contributed by atoms with van der Waals surface area (Å²) >= 11 is 0. The van der Waals surface area contributed by atoms with Crippen molar-refractivity contribution in [2.75, 3.05) is 0 Å². The molecule has 0 aromatic heterocycles. The highest BCUT2D eigenvalue weighted by Gasteiger charge is 2.10. The van der Waals surface area contributed by atoms with Crippen LogP contribution in [0.1, 0.15) is 13.8 Å². The first-order valence-electron chi connectivity index (χ1n) is 3.70. The van der Waals surface area contributed by atoms with E-state index in [9.17, 15) is 0 Å². The van der Waals surface area contributed by atoms with Crippen molar-refractivity contribution in [3.05, 3.63) is 11.3 Å². The van der Waals surface area contributed by atoms with Gasteiger partial charge in [0.15, 0.2) is 0 Å². The van der Waals surface area contributed by atoms with E-state index in [0.29, 0.717) is 0 Å². The molecule has 0 aliphatic rings. The van der Waals surface area contributed by atoms with E-state index in [4.69, 9.17) is 5.11 Å². The van der Waals surface area contributed by atoms with Crippen molar-refractivity contribution in [2.45, 2.75) is 39.6 Å². The van der Waals surface area contributed by atoms with Gasteiger partial charge < -0.3 is 5.11 Å². The van der Waals surface area contributed by atoms with E-state index in [-0.39, 0.29) is 6.10 Å². The van der Waals surface area contributed by atoms with E-state index < -0.39 is 8.07 Å². The molecule has 2 heteroatoms. The Morgan fingerprint density at radius 3 is 1.90 bits per heavy atom. The fourth-order valence-electron chi connectivity index (χ4n) is 0.804. The lowest BCUT2D eigenvalue weighted by atomic mass is 10.2. The van der Waals surface area contributed by atoms with Crippen LogP contribution in [-0.4, -0.2) is 19.3 Å². The van der Waals surface area contributed by atoms with Crippen molar-refractivity contribution in [1.29, 1.82) is 0 Å². The normalized spacial score (nSPS) is 17.2. The Labute approximate surface area is 64.8 Å². The van der Waals surface area contributed by atoms with Crippen LogP contribution in [0.4, 0.5) is 0 Å². The molecule has 0 saturated carbocycles. The molecule has 0 spiro atoms. The quantitative estimate of drug-likeness (QED) is 0.611. The second-order valence-corrected chi connectivity index (χ2v) is 8.95. The van der Waals surface area contributed by atoms with Crippen molar-refractivity contribution in [3.8, 4) is 0 Å². The Bertz CT molecular complexity index is 131. The summed E-state index contributed by atoms with van der Waals surface area (Å²) in [4.78, 5) is 0. The summed E-state index contributed by atoms with van der Waals surface area (Å²) < 4.78 is 0. The van der Waals surface area contributed by atoms with Gasteiger partial charge in [-0.2, -0.15) is 0 Å². The van der Waals surface area contributed by atoms with Gasteiger partial charge in [0.2, 0.25) is 0 Å². The Hall–Kier alpha value is -0.0831. The predicted molar refractivity (Wildman–Crippen MR) is 48.8 cm³/mol. The summed E-state index contributed by atoms with van der Waals surface area (Å²) in [5.74, 6) is 0. The minimum absolute atomic E-state index is 0.272. The molecule has 0 bridgehead atoms. The molecule has 1 N–H and O–H groups in total. The van der Waals surface area contributed by atoms with Gasteiger partial charge in [-0.25, -0.2) is 0 Å². The first kappa shape index (κ1) is 9.92. The van der Waals surface area contributed by atoms with Crippen molar-refractivity contribution < 1.29 is 5.11 Å². The summed E-state index contributed by atoms with van der Waals surface area (Å²) in [6, 6.07) is 0. The van der Waals surface area contributed by atoms with E-state index in [0.717, 1.165) is 5.57 Å². The maximum atomic E-state index is 9.14. The van der Waals surface area contributed by atoms with Crippen LogP contribution in [0.3, 0.4) is 0 Å². The topological polar surface area (TPSA) is 20.2 Å². The molecule has 60 valence electrons. The minimum atomic E-state index is -1.11. The molecular weight excluding hydrogens is 140 g/mol. The van der Waals surface area contributed by atoms with Gasteiger partial charge in [0.1, 0.15) is 0 Å². The number of rotatable bonds is 2. The summed E-state index contributed by atoms with van der Waals surface area (Å²) in [6.45, 7) is 10.6. The zero-order chi connectivity index (χ0) is 8.36. The van der Waals surface area contributed by atoms with Crippen molar-refractivity contribution in [1.82, 2.24) is 0 Å². The molecule has 0 aromatic carbocycles. The largest absolute Gasteiger partial charge is 0.389 e. The van der Waals surface area contributed by atoms with Crippen LogP contribution in [0, 0.1) is 0 Å². The van der Waals surface area contributed by atoms with Crippen LogP contribution in [0.15, 0.2) is 11.3 Å². The molecular formula is C8H18OSi. The summed E-state index contributed by atoms with van der Waals surface area (Å²) in [5, 5.41) is 9.14. The van der Waals surface area contributed by atoms with E-state index in [1.54, 1.807) is 0 Å². The fourth-order valence-corrected chi connectivity index (χ4v) is 2.41. The van der Waals surface area contributed by atoms with Crippen LogP contribution in [-0.2, 0) is 0 Å². The van der Waals surface area contributed by atoms with E-state index >= 15 is 0 Å². The third-order valence-corrected chi connectivity index (χ3v) is 2.64. The Morgan fingerprint density at radius 1 is 1.40 bits per heavy atom. The van der Waals surface area contributed by atoms with Gasteiger partial charge in [-0.3, -0.25) is 0 Å².